The Bertz CT molecular complexity index is 395. The number of hydrogen-bond donors (Lipinski definition) is 1. The first-order valence-corrected chi connectivity index (χ1v) is 6.50. The zero-order chi connectivity index (χ0) is 12.3. The van der Waals surface area contributed by atoms with Crippen LogP contribution < -0.4 is 0 Å². The van der Waals surface area contributed by atoms with E-state index in [1.54, 1.807) is 0 Å². The molecule has 0 unspecified atom stereocenters. The third kappa shape index (κ3) is 3.47. The molecule has 0 atom stereocenters. The Kier molecular flexibility index (Phi) is 4.06. The second kappa shape index (κ2) is 5.54. The molecule has 0 aromatic heterocycles. The molecule has 1 N–H and O–H groups in total. The monoisotopic (exact) mass is 252 g/mol. The van der Waals surface area contributed by atoms with Gasteiger partial charge in [-0.3, -0.25) is 4.79 Å². The van der Waals surface area contributed by atoms with Crippen LogP contribution in [0.15, 0.2) is 24.3 Å². The van der Waals surface area contributed by atoms with Crippen LogP contribution in [0.2, 0.25) is 5.02 Å². The lowest BCUT2D eigenvalue weighted by atomic mass is 9.79. The first-order valence-electron chi connectivity index (χ1n) is 6.12. The van der Waals surface area contributed by atoms with Gasteiger partial charge >= 0.3 is 5.97 Å². The van der Waals surface area contributed by atoms with E-state index in [1.165, 1.54) is 5.56 Å². The van der Waals surface area contributed by atoms with Crippen LogP contribution in [0, 0.1) is 11.8 Å². The third-order valence-electron chi connectivity index (χ3n) is 3.61. The molecule has 0 radical (unpaired) electrons. The number of aliphatic carboxylic acids is 1. The van der Waals surface area contributed by atoms with Gasteiger partial charge in [0.05, 0.1) is 5.92 Å². The molecular formula is C14H17ClO2. The summed E-state index contributed by atoms with van der Waals surface area (Å²) in [5.74, 6) is -0.138. The van der Waals surface area contributed by atoms with E-state index in [4.69, 9.17) is 16.7 Å². The van der Waals surface area contributed by atoms with Crippen molar-refractivity contribution in [3.8, 4) is 0 Å². The van der Waals surface area contributed by atoms with Gasteiger partial charge in [0.1, 0.15) is 0 Å². The molecular weight excluding hydrogens is 236 g/mol. The Hall–Kier alpha value is -1.02. The van der Waals surface area contributed by atoms with E-state index >= 15 is 0 Å². The zero-order valence-electron chi connectivity index (χ0n) is 9.73. The topological polar surface area (TPSA) is 37.3 Å². The maximum atomic E-state index is 10.8. The number of hydrogen-bond acceptors (Lipinski definition) is 1. The summed E-state index contributed by atoms with van der Waals surface area (Å²) in [5, 5.41) is 9.71. The van der Waals surface area contributed by atoms with Gasteiger partial charge in [0.2, 0.25) is 0 Å². The Morgan fingerprint density at radius 3 is 2.59 bits per heavy atom. The normalized spacial score (nSPS) is 24.5. The van der Waals surface area contributed by atoms with E-state index in [2.05, 4.69) is 6.07 Å². The molecule has 1 aromatic rings. The molecule has 2 rings (SSSR count). The largest absolute Gasteiger partial charge is 0.481 e. The molecule has 92 valence electrons. The van der Waals surface area contributed by atoms with Crippen LogP contribution in [0.3, 0.4) is 0 Å². The maximum Gasteiger partial charge on any atom is 0.306 e. The fourth-order valence-corrected chi connectivity index (χ4v) is 2.82. The number of carboxylic acids is 1. The van der Waals surface area contributed by atoms with E-state index < -0.39 is 5.97 Å². The van der Waals surface area contributed by atoms with Crippen molar-refractivity contribution < 1.29 is 9.90 Å². The highest BCUT2D eigenvalue weighted by Crippen LogP contribution is 2.31. The third-order valence-corrected chi connectivity index (χ3v) is 3.84. The summed E-state index contributed by atoms with van der Waals surface area (Å²) >= 11 is 5.95. The van der Waals surface area contributed by atoms with Crippen LogP contribution in [0.1, 0.15) is 31.2 Å². The minimum atomic E-state index is -0.633. The average Bonchev–Trinajstić information content (AvgIpc) is 2.29. The van der Waals surface area contributed by atoms with E-state index in [-0.39, 0.29) is 5.92 Å². The summed E-state index contributed by atoms with van der Waals surface area (Å²) in [6, 6.07) is 7.95. The van der Waals surface area contributed by atoms with E-state index in [0.717, 1.165) is 37.1 Å². The standard InChI is InChI=1S/C14H17ClO2/c15-13-3-1-2-11(9-13)8-10-4-6-12(7-5-10)14(16)17/h1-3,9-10,12H,4-8H2,(H,16,17). The zero-order valence-corrected chi connectivity index (χ0v) is 10.5. The Morgan fingerprint density at radius 2 is 2.00 bits per heavy atom. The number of rotatable bonds is 3. The molecule has 0 heterocycles. The molecule has 1 aliphatic carbocycles. The van der Waals surface area contributed by atoms with Crippen LogP contribution >= 0.6 is 11.6 Å². The SMILES string of the molecule is O=C(O)C1CCC(Cc2cccc(Cl)c2)CC1. The number of carboxylic acid groups (broad SMARTS) is 1. The first kappa shape index (κ1) is 12.4. The molecule has 1 fully saturated rings. The van der Waals surface area contributed by atoms with Crippen LogP contribution in [-0.2, 0) is 11.2 Å². The smallest absolute Gasteiger partial charge is 0.306 e. The van der Waals surface area contributed by atoms with Crippen molar-refractivity contribution >= 4 is 17.6 Å². The highest BCUT2D eigenvalue weighted by Gasteiger charge is 2.25. The molecule has 0 amide bonds. The summed E-state index contributed by atoms with van der Waals surface area (Å²) < 4.78 is 0. The van der Waals surface area contributed by atoms with E-state index in [9.17, 15) is 4.79 Å². The fourth-order valence-electron chi connectivity index (χ4n) is 2.61. The number of halogens is 1. The van der Waals surface area contributed by atoms with Crippen molar-refractivity contribution in [3.05, 3.63) is 34.9 Å². The van der Waals surface area contributed by atoms with E-state index in [0.29, 0.717) is 5.92 Å². The van der Waals surface area contributed by atoms with Crippen LogP contribution in [0.25, 0.3) is 0 Å². The molecule has 0 bridgehead atoms. The molecule has 0 saturated heterocycles. The fraction of sp³-hybridized carbons (Fsp3) is 0.500. The van der Waals surface area contributed by atoms with Crippen molar-refractivity contribution in [1.82, 2.24) is 0 Å². The molecule has 1 saturated carbocycles. The van der Waals surface area contributed by atoms with Gasteiger partial charge < -0.3 is 5.11 Å². The number of carbonyl (C=O) groups is 1. The van der Waals surface area contributed by atoms with Crippen molar-refractivity contribution in [2.45, 2.75) is 32.1 Å². The molecule has 0 spiro atoms. The van der Waals surface area contributed by atoms with E-state index in [1.807, 2.05) is 18.2 Å². The second-order valence-corrected chi connectivity index (χ2v) is 5.33. The minimum absolute atomic E-state index is 0.120. The summed E-state index contributed by atoms with van der Waals surface area (Å²) in [6.07, 6.45) is 4.70. The van der Waals surface area contributed by atoms with Gasteiger partial charge in [-0.15, -0.1) is 0 Å². The van der Waals surface area contributed by atoms with Gasteiger partial charge in [0, 0.05) is 5.02 Å². The number of benzene rings is 1. The van der Waals surface area contributed by atoms with Gasteiger partial charge in [-0.1, -0.05) is 23.7 Å². The van der Waals surface area contributed by atoms with Crippen molar-refractivity contribution in [2.75, 3.05) is 0 Å². The quantitative estimate of drug-likeness (QED) is 0.889. The molecule has 2 nitrogen and oxygen atoms in total. The summed E-state index contributed by atoms with van der Waals surface area (Å²) in [6.45, 7) is 0. The predicted octanol–water partition coefficient (Wildman–Crippen LogP) is 3.77. The lowest BCUT2D eigenvalue weighted by Crippen LogP contribution is -2.22. The summed E-state index contributed by atoms with van der Waals surface area (Å²) in [5.41, 5.74) is 1.26. The van der Waals surface area contributed by atoms with Gasteiger partial charge in [-0.25, -0.2) is 0 Å². The van der Waals surface area contributed by atoms with Gasteiger partial charge in [0.15, 0.2) is 0 Å². The van der Waals surface area contributed by atoms with Crippen molar-refractivity contribution in [1.29, 1.82) is 0 Å². The molecule has 17 heavy (non-hydrogen) atoms. The van der Waals surface area contributed by atoms with Gasteiger partial charge in [0.25, 0.3) is 0 Å². The lowest BCUT2D eigenvalue weighted by Gasteiger charge is -2.26. The summed E-state index contributed by atoms with van der Waals surface area (Å²) in [4.78, 5) is 10.8. The Morgan fingerprint density at radius 1 is 1.29 bits per heavy atom. The molecule has 0 aliphatic heterocycles. The Balaban J connectivity index is 1.88. The highest BCUT2D eigenvalue weighted by atomic mass is 35.5. The molecule has 1 aliphatic rings. The van der Waals surface area contributed by atoms with Crippen LogP contribution in [0.4, 0.5) is 0 Å². The van der Waals surface area contributed by atoms with Gasteiger partial charge in [-0.2, -0.15) is 0 Å². The first-order chi connectivity index (χ1) is 8.15. The van der Waals surface area contributed by atoms with Crippen molar-refractivity contribution in [3.63, 3.8) is 0 Å². The maximum absolute atomic E-state index is 10.8. The lowest BCUT2D eigenvalue weighted by molar-refractivity contribution is -0.143. The minimum Gasteiger partial charge on any atom is -0.481 e. The Labute approximate surface area is 107 Å². The highest BCUT2D eigenvalue weighted by molar-refractivity contribution is 6.30. The second-order valence-electron chi connectivity index (χ2n) is 4.89. The molecule has 1 aromatic carbocycles. The van der Waals surface area contributed by atoms with Gasteiger partial charge in [-0.05, 0) is 55.7 Å². The average molecular weight is 253 g/mol. The molecule has 3 heteroatoms. The predicted molar refractivity (Wildman–Crippen MR) is 68.2 cm³/mol. The van der Waals surface area contributed by atoms with Crippen LogP contribution in [0.5, 0.6) is 0 Å². The summed E-state index contributed by atoms with van der Waals surface area (Å²) in [7, 11) is 0. The van der Waals surface area contributed by atoms with Crippen molar-refractivity contribution in [2.24, 2.45) is 11.8 Å². The van der Waals surface area contributed by atoms with Crippen LogP contribution in [-0.4, -0.2) is 11.1 Å².